The molecule has 2 N–H and O–H groups in total. The number of nitrogens with one attached hydrogen (secondary N) is 2. The zero-order chi connectivity index (χ0) is 17.4. The Hall–Kier alpha value is -2.82. The predicted octanol–water partition coefficient (Wildman–Crippen LogP) is 3.02. The lowest BCUT2D eigenvalue weighted by Gasteiger charge is -2.08. The van der Waals surface area contributed by atoms with Crippen LogP contribution >= 0.6 is 0 Å². The van der Waals surface area contributed by atoms with Gasteiger partial charge in [-0.15, -0.1) is 0 Å². The van der Waals surface area contributed by atoms with E-state index in [1.54, 1.807) is 31.4 Å². The number of hydrogen-bond acceptors (Lipinski definition) is 3. The molecule has 0 aliphatic rings. The Morgan fingerprint density at radius 2 is 1.67 bits per heavy atom. The minimum atomic E-state index is -0.108. The van der Waals surface area contributed by atoms with Crippen LogP contribution in [0.5, 0.6) is 5.75 Å². The summed E-state index contributed by atoms with van der Waals surface area (Å²) in [6.45, 7) is 2.65. The number of carbonyl (C=O) groups is 2. The molecule has 0 fully saturated rings. The normalized spacial score (nSPS) is 10.1. The lowest BCUT2D eigenvalue weighted by Crippen LogP contribution is -2.23. The Morgan fingerprint density at radius 1 is 1.00 bits per heavy atom. The molecule has 0 radical (unpaired) electrons. The van der Waals surface area contributed by atoms with Crippen LogP contribution in [-0.2, 0) is 11.2 Å². The van der Waals surface area contributed by atoms with Gasteiger partial charge in [0.1, 0.15) is 5.75 Å². The van der Waals surface area contributed by atoms with Crippen molar-refractivity contribution in [3.8, 4) is 5.75 Å². The van der Waals surface area contributed by atoms with E-state index in [0.717, 1.165) is 17.7 Å². The monoisotopic (exact) mass is 326 g/mol. The lowest BCUT2D eigenvalue weighted by atomic mass is 10.1. The second-order valence-electron chi connectivity index (χ2n) is 5.41. The number of hydrogen-bond donors (Lipinski definition) is 2. The summed E-state index contributed by atoms with van der Waals surface area (Å²) in [6.07, 6.45) is 1.17. The third-order valence-corrected chi connectivity index (χ3v) is 3.49. The first-order valence-electron chi connectivity index (χ1n) is 7.93. The molecule has 2 rings (SSSR count). The van der Waals surface area contributed by atoms with E-state index >= 15 is 0 Å². The highest BCUT2D eigenvalue weighted by Crippen LogP contribution is 2.13. The third kappa shape index (κ3) is 5.12. The van der Waals surface area contributed by atoms with Crippen molar-refractivity contribution >= 4 is 17.5 Å². The van der Waals surface area contributed by atoms with Gasteiger partial charge in [0.2, 0.25) is 5.91 Å². The van der Waals surface area contributed by atoms with E-state index in [-0.39, 0.29) is 18.2 Å². The fraction of sp³-hybridized carbons (Fsp3) is 0.263. The van der Waals surface area contributed by atoms with E-state index in [0.29, 0.717) is 17.8 Å². The average Bonchev–Trinajstić information content (AvgIpc) is 2.61. The fourth-order valence-corrected chi connectivity index (χ4v) is 2.18. The summed E-state index contributed by atoms with van der Waals surface area (Å²) in [7, 11) is 1.61. The van der Waals surface area contributed by atoms with E-state index < -0.39 is 0 Å². The SMILES string of the molecule is CCCNC(=O)c1ccc(NC(=O)Cc2ccc(OC)cc2)cc1. The zero-order valence-corrected chi connectivity index (χ0v) is 14.0. The molecular weight excluding hydrogens is 304 g/mol. The molecule has 24 heavy (non-hydrogen) atoms. The van der Waals surface area contributed by atoms with Crippen LogP contribution in [-0.4, -0.2) is 25.5 Å². The highest BCUT2D eigenvalue weighted by atomic mass is 16.5. The Kier molecular flexibility index (Phi) is 6.37. The van der Waals surface area contributed by atoms with E-state index in [9.17, 15) is 9.59 Å². The molecule has 126 valence electrons. The Morgan fingerprint density at radius 3 is 2.25 bits per heavy atom. The van der Waals surface area contributed by atoms with Crippen LogP contribution in [0.15, 0.2) is 48.5 Å². The third-order valence-electron chi connectivity index (χ3n) is 3.49. The minimum absolute atomic E-state index is 0.104. The van der Waals surface area contributed by atoms with Crippen molar-refractivity contribution in [2.45, 2.75) is 19.8 Å². The molecule has 0 saturated heterocycles. The van der Waals surface area contributed by atoms with E-state index in [1.165, 1.54) is 0 Å². The van der Waals surface area contributed by atoms with Gasteiger partial charge >= 0.3 is 0 Å². The maximum Gasteiger partial charge on any atom is 0.251 e. The number of anilines is 1. The molecule has 2 aromatic rings. The maximum absolute atomic E-state index is 12.1. The molecule has 5 nitrogen and oxygen atoms in total. The van der Waals surface area contributed by atoms with Crippen LogP contribution in [0.2, 0.25) is 0 Å². The summed E-state index contributed by atoms with van der Waals surface area (Å²) in [5, 5.41) is 5.64. The van der Waals surface area contributed by atoms with Crippen molar-refractivity contribution in [3.63, 3.8) is 0 Å². The molecule has 2 amide bonds. The van der Waals surface area contributed by atoms with Crippen LogP contribution in [0, 0.1) is 0 Å². The molecule has 0 aliphatic carbocycles. The molecule has 5 heteroatoms. The van der Waals surface area contributed by atoms with Crippen LogP contribution < -0.4 is 15.4 Å². The number of amides is 2. The van der Waals surface area contributed by atoms with Crippen molar-refractivity contribution in [2.24, 2.45) is 0 Å². The van der Waals surface area contributed by atoms with Gasteiger partial charge in [-0.3, -0.25) is 9.59 Å². The largest absolute Gasteiger partial charge is 0.497 e. The van der Waals surface area contributed by atoms with Crippen molar-refractivity contribution < 1.29 is 14.3 Å². The standard InChI is InChI=1S/C19H22N2O3/c1-3-12-20-19(23)15-6-8-16(9-7-15)21-18(22)13-14-4-10-17(24-2)11-5-14/h4-11H,3,12-13H2,1-2H3,(H,20,23)(H,21,22). The van der Waals surface area contributed by atoms with Gasteiger partial charge in [0.15, 0.2) is 0 Å². The van der Waals surface area contributed by atoms with Gasteiger partial charge < -0.3 is 15.4 Å². The maximum atomic E-state index is 12.1. The van der Waals surface area contributed by atoms with Crippen LogP contribution in [0.4, 0.5) is 5.69 Å². The number of carbonyl (C=O) groups excluding carboxylic acids is 2. The first-order chi connectivity index (χ1) is 11.6. The quantitative estimate of drug-likeness (QED) is 0.822. The molecule has 0 spiro atoms. The number of rotatable bonds is 7. The molecule has 0 bridgehead atoms. The van der Waals surface area contributed by atoms with Crippen molar-refractivity contribution in [1.82, 2.24) is 5.32 Å². The van der Waals surface area contributed by atoms with Crippen molar-refractivity contribution in [2.75, 3.05) is 19.0 Å². The molecule has 0 aliphatic heterocycles. The molecule has 0 heterocycles. The van der Waals surface area contributed by atoms with Crippen molar-refractivity contribution in [1.29, 1.82) is 0 Å². The molecule has 0 unspecified atom stereocenters. The smallest absolute Gasteiger partial charge is 0.251 e. The zero-order valence-electron chi connectivity index (χ0n) is 14.0. The molecule has 0 aromatic heterocycles. The van der Waals surface area contributed by atoms with Gasteiger partial charge in [-0.05, 0) is 48.4 Å². The molecule has 2 aromatic carbocycles. The first-order valence-corrected chi connectivity index (χ1v) is 7.93. The van der Waals surface area contributed by atoms with Gasteiger partial charge in [-0.25, -0.2) is 0 Å². The fourth-order valence-electron chi connectivity index (χ4n) is 2.18. The van der Waals surface area contributed by atoms with Crippen LogP contribution in [0.3, 0.4) is 0 Å². The highest BCUT2D eigenvalue weighted by molar-refractivity contribution is 5.96. The summed E-state index contributed by atoms with van der Waals surface area (Å²) >= 11 is 0. The second kappa shape index (κ2) is 8.72. The Balaban J connectivity index is 1.90. The number of benzene rings is 2. The van der Waals surface area contributed by atoms with Gasteiger partial charge in [-0.1, -0.05) is 19.1 Å². The van der Waals surface area contributed by atoms with Crippen LogP contribution in [0.25, 0.3) is 0 Å². The summed E-state index contributed by atoms with van der Waals surface area (Å²) in [4.78, 5) is 23.9. The van der Waals surface area contributed by atoms with Gasteiger partial charge in [-0.2, -0.15) is 0 Å². The summed E-state index contributed by atoms with van der Waals surface area (Å²) < 4.78 is 5.09. The first kappa shape index (κ1) is 17.5. The Bertz CT molecular complexity index is 679. The van der Waals surface area contributed by atoms with Gasteiger partial charge in [0.05, 0.1) is 13.5 Å². The lowest BCUT2D eigenvalue weighted by molar-refractivity contribution is -0.115. The number of ether oxygens (including phenoxy) is 1. The molecular formula is C19H22N2O3. The Labute approximate surface area is 142 Å². The number of methoxy groups -OCH3 is 1. The summed E-state index contributed by atoms with van der Waals surface area (Å²) in [5.74, 6) is 0.549. The topological polar surface area (TPSA) is 67.4 Å². The van der Waals surface area contributed by atoms with Gasteiger partial charge in [0.25, 0.3) is 5.91 Å². The van der Waals surface area contributed by atoms with E-state index in [4.69, 9.17) is 4.74 Å². The summed E-state index contributed by atoms with van der Waals surface area (Å²) in [5.41, 5.74) is 2.15. The van der Waals surface area contributed by atoms with Crippen molar-refractivity contribution in [3.05, 3.63) is 59.7 Å². The highest BCUT2D eigenvalue weighted by Gasteiger charge is 2.07. The van der Waals surface area contributed by atoms with Crippen LogP contribution in [0.1, 0.15) is 29.3 Å². The molecule has 0 saturated carbocycles. The predicted molar refractivity (Wildman–Crippen MR) is 94.4 cm³/mol. The summed E-state index contributed by atoms with van der Waals surface area (Å²) in [6, 6.07) is 14.2. The molecule has 0 atom stereocenters. The average molecular weight is 326 g/mol. The minimum Gasteiger partial charge on any atom is -0.497 e. The van der Waals surface area contributed by atoms with E-state index in [1.807, 2.05) is 31.2 Å². The second-order valence-corrected chi connectivity index (χ2v) is 5.41. The van der Waals surface area contributed by atoms with Gasteiger partial charge in [0, 0.05) is 17.8 Å². The van der Waals surface area contributed by atoms with E-state index in [2.05, 4.69) is 10.6 Å².